The second kappa shape index (κ2) is 8.44. The number of anilines is 1. The van der Waals surface area contributed by atoms with Crippen molar-refractivity contribution < 1.29 is 19.2 Å². The van der Waals surface area contributed by atoms with E-state index in [9.17, 15) is 20.2 Å². The second-order valence-electron chi connectivity index (χ2n) is 6.58. The molecule has 0 aliphatic carbocycles. The van der Waals surface area contributed by atoms with Crippen molar-refractivity contribution in [2.45, 2.75) is 26.2 Å². The minimum absolute atomic E-state index is 0.0438. The maximum absolute atomic E-state index is 12.5. The smallest absolute Gasteiger partial charge is 0.280 e. The van der Waals surface area contributed by atoms with Crippen molar-refractivity contribution in [3.05, 3.63) is 63.2 Å². The summed E-state index contributed by atoms with van der Waals surface area (Å²) in [6.45, 7) is 4.17. The van der Waals surface area contributed by atoms with E-state index in [1.807, 2.05) is 12.1 Å². The summed E-state index contributed by atoms with van der Waals surface area (Å²) < 4.78 is 10.4. The fourth-order valence-corrected chi connectivity index (χ4v) is 2.85. The van der Waals surface area contributed by atoms with E-state index in [1.165, 1.54) is 18.2 Å². The first-order valence-electron chi connectivity index (χ1n) is 9.04. The van der Waals surface area contributed by atoms with Crippen molar-refractivity contribution in [1.82, 2.24) is 0 Å². The predicted molar refractivity (Wildman–Crippen MR) is 107 cm³/mol. The summed E-state index contributed by atoms with van der Waals surface area (Å²) in [4.78, 5) is 23.3. The quantitative estimate of drug-likeness (QED) is 0.337. The molecular formula is C21H19N3O5. The zero-order valence-electron chi connectivity index (χ0n) is 16.0. The van der Waals surface area contributed by atoms with Crippen LogP contribution in [0.5, 0.6) is 11.5 Å². The molecule has 1 aliphatic rings. The molecule has 0 saturated carbocycles. The largest absolute Gasteiger partial charge is 0.454 e. The Labute approximate surface area is 167 Å². The monoisotopic (exact) mass is 393 g/mol. The summed E-state index contributed by atoms with van der Waals surface area (Å²) in [6.07, 6.45) is 2.17. The van der Waals surface area contributed by atoms with E-state index < -0.39 is 10.8 Å². The van der Waals surface area contributed by atoms with Crippen LogP contribution in [0.25, 0.3) is 6.08 Å². The van der Waals surface area contributed by atoms with Crippen molar-refractivity contribution in [1.29, 1.82) is 5.26 Å². The van der Waals surface area contributed by atoms with E-state index in [2.05, 4.69) is 19.2 Å². The standard InChI is InChI=1S/C21H19N3O5/c1-3-13(2)14-4-6-17(7-5-14)23-21(25)16(11-22)8-15-9-19-20(29-12-28-19)10-18(15)24(26)27/h4-10,13H,3,12H2,1-2H3,(H,23,25)/b16-8-. The highest BCUT2D eigenvalue weighted by atomic mass is 16.7. The van der Waals surface area contributed by atoms with Gasteiger partial charge in [0.05, 0.1) is 16.6 Å². The van der Waals surface area contributed by atoms with Crippen LogP contribution in [0.4, 0.5) is 11.4 Å². The first-order valence-corrected chi connectivity index (χ1v) is 9.04. The minimum Gasteiger partial charge on any atom is -0.454 e. The molecule has 0 aromatic heterocycles. The number of nitrogens with zero attached hydrogens (tertiary/aromatic N) is 2. The molecule has 29 heavy (non-hydrogen) atoms. The average Bonchev–Trinajstić information content (AvgIpc) is 3.18. The van der Waals surface area contributed by atoms with Gasteiger partial charge in [-0.15, -0.1) is 0 Å². The molecule has 1 aliphatic heterocycles. The van der Waals surface area contributed by atoms with Crippen molar-refractivity contribution >= 4 is 23.4 Å². The Morgan fingerprint density at radius 3 is 2.55 bits per heavy atom. The topological polar surface area (TPSA) is 114 Å². The molecule has 1 heterocycles. The number of nitrogens with one attached hydrogen (secondary N) is 1. The molecule has 1 unspecified atom stereocenters. The fraction of sp³-hybridized carbons (Fsp3) is 0.238. The van der Waals surface area contributed by atoms with Crippen molar-refractivity contribution in [2.75, 3.05) is 12.1 Å². The molecule has 0 fully saturated rings. The van der Waals surface area contributed by atoms with Gasteiger partial charge in [0.2, 0.25) is 6.79 Å². The Bertz CT molecular complexity index is 1020. The number of hydrogen-bond acceptors (Lipinski definition) is 6. The van der Waals surface area contributed by atoms with Gasteiger partial charge in [-0.25, -0.2) is 0 Å². The van der Waals surface area contributed by atoms with Crippen LogP contribution in [0.15, 0.2) is 42.0 Å². The van der Waals surface area contributed by atoms with Crippen LogP contribution in [0.3, 0.4) is 0 Å². The summed E-state index contributed by atoms with van der Waals surface area (Å²) in [5, 5.41) is 23.4. The summed E-state index contributed by atoms with van der Waals surface area (Å²) in [5.74, 6) is 0.315. The molecule has 1 atom stereocenters. The molecular weight excluding hydrogens is 374 g/mol. The summed E-state index contributed by atoms with van der Waals surface area (Å²) >= 11 is 0. The Kier molecular flexibility index (Phi) is 5.79. The van der Waals surface area contributed by atoms with Crippen molar-refractivity contribution in [3.8, 4) is 17.6 Å². The van der Waals surface area contributed by atoms with Gasteiger partial charge in [-0.3, -0.25) is 14.9 Å². The summed E-state index contributed by atoms with van der Waals surface area (Å²) in [7, 11) is 0. The van der Waals surface area contributed by atoms with E-state index in [0.717, 1.165) is 12.0 Å². The number of rotatable bonds is 6. The highest BCUT2D eigenvalue weighted by Gasteiger charge is 2.23. The third-order valence-electron chi connectivity index (χ3n) is 4.73. The number of nitro groups is 1. The molecule has 0 spiro atoms. The lowest BCUT2D eigenvalue weighted by Crippen LogP contribution is -2.13. The van der Waals surface area contributed by atoms with Gasteiger partial charge in [-0.05, 0) is 42.2 Å². The van der Waals surface area contributed by atoms with E-state index in [-0.39, 0.29) is 29.4 Å². The predicted octanol–water partition coefficient (Wildman–Crippen LogP) is 4.38. The Morgan fingerprint density at radius 1 is 1.31 bits per heavy atom. The van der Waals surface area contributed by atoms with Crippen LogP contribution in [0, 0.1) is 21.4 Å². The number of benzene rings is 2. The number of amides is 1. The molecule has 0 radical (unpaired) electrons. The molecule has 8 heteroatoms. The SMILES string of the molecule is CCC(C)c1ccc(NC(=O)/C(C#N)=C\c2cc3c(cc2[N+](=O)[O-])OCO3)cc1. The number of carbonyl (C=O) groups excluding carboxylic acids is 1. The molecule has 2 aromatic carbocycles. The van der Waals surface area contributed by atoms with Gasteiger partial charge in [-0.2, -0.15) is 5.26 Å². The van der Waals surface area contributed by atoms with E-state index in [0.29, 0.717) is 17.4 Å². The highest BCUT2D eigenvalue weighted by Crippen LogP contribution is 2.38. The lowest BCUT2D eigenvalue weighted by atomic mass is 9.98. The summed E-state index contributed by atoms with van der Waals surface area (Å²) in [5.41, 5.74) is 1.21. The van der Waals surface area contributed by atoms with Gasteiger partial charge >= 0.3 is 0 Å². The van der Waals surface area contributed by atoms with E-state index in [1.54, 1.807) is 18.2 Å². The normalized spacial score (nSPS) is 13.5. The van der Waals surface area contributed by atoms with Gasteiger partial charge in [0.25, 0.3) is 11.6 Å². The molecule has 1 amide bonds. The lowest BCUT2D eigenvalue weighted by Gasteiger charge is -2.10. The number of hydrogen-bond donors (Lipinski definition) is 1. The number of nitriles is 1. The first kappa shape index (κ1) is 19.9. The Morgan fingerprint density at radius 2 is 1.97 bits per heavy atom. The van der Waals surface area contributed by atoms with Crippen LogP contribution in [-0.4, -0.2) is 17.6 Å². The zero-order chi connectivity index (χ0) is 21.0. The number of ether oxygens (including phenoxy) is 2. The van der Waals surface area contributed by atoms with Crippen LogP contribution < -0.4 is 14.8 Å². The Hall–Kier alpha value is -3.86. The number of nitro benzene ring substituents is 1. The highest BCUT2D eigenvalue weighted by molar-refractivity contribution is 6.10. The summed E-state index contributed by atoms with van der Waals surface area (Å²) in [6, 6.07) is 11.8. The first-order chi connectivity index (χ1) is 13.9. The molecule has 8 nitrogen and oxygen atoms in total. The van der Waals surface area contributed by atoms with Crippen molar-refractivity contribution in [2.24, 2.45) is 0 Å². The zero-order valence-corrected chi connectivity index (χ0v) is 16.0. The average molecular weight is 393 g/mol. The third-order valence-corrected chi connectivity index (χ3v) is 4.73. The van der Waals surface area contributed by atoms with Crippen LogP contribution >= 0.6 is 0 Å². The van der Waals surface area contributed by atoms with Gasteiger partial charge in [-0.1, -0.05) is 26.0 Å². The van der Waals surface area contributed by atoms with E-state index in [4.69, 9.17) is 9.47 Å². The molecule has 2 aromatic rings. The van der Waals surface area contributed by atoms with Gasteiger partial charge in [0.1, 0.15) is 11.6 Å². The van der Waals surface area contributed by atoms with Crippen LogP contribution in [-0.2, 0) is 4.79 Å². The van der Waals surface area contributed by atoms with Gasteiger partial charge < -0.3 is 14.8 Å². The minimum atomic E-state index is -0.657. The van der Waals surface area contributed by atoms with Gasteiger partial charge in [0.15, 0.2) is 11.5 Å². The van der Waals surface area contributed by atoms with Crippen LogP contribution in [0.1, 0.15) is 37.3 Å². The van der Waals surface area contributed by atoms with Gasteiger partial charge in [0, 0.05) is 5.69 Å². The fourth-order valence-electron chi connectivity index (χ4n) is 2.85. The maximum atomic E-state index is 12.5. The van der Waals surface area contributed by atoms with E-state index >= 15 is 0 Å². The lowest BCUT2D eigenvalue weighted by molar-refractivity contribution is -0.385. The second-order valence-corrected chi connectivity index (χ2v) is 6.58. The molecule has 148 valence electrons. The number of carbonyl (C=O) groups is 1. The van der Waals surface area contributed by atoms with Crippen LogP contribution in [0.2, 0.25) is 0 Å². The maximum Gasteiger partial charge on any atom is 0.280 e. The third kappa shape index (κ3) is 4.35. The Balaban J connectivity index is 1.86. The number of fused-ring (bicyclic) bond motifs is 1. The van der Waals surface area contributed by atoms with Crippen molar-refractivity contribution in [3.63, 3.8) is 0 Å². The molecule has 0 bridgehead atoms. The molecule has 3 rings (SSSR count). The molecule has 1 N–H and O–H groups in total. The molecule has 0 saturated heterocycles.